The van der Waals surface area contributed by atoms with Gasteiger partial charge in [-0.15, -0.1) is 0 Å². The van der Waals surface area contributed by atoms with E-state index in [0.717, 1.165) is 81.6 Å². The van der Waals surface area contributed by atoms with Crippen LogP contribution < -0.4 is 5.46 Å². The van der Waals surface area contributed by atoms with E-state index in [-0.39, 0.29) is 12.5 Å². The van der Waals surface area contributed by atoms with Gasteiger partial charge in [0, 0.05) is 48.8 Å². The van der Waals surface area contributed by atoms with Crippen LogP contribution in [0.1, 0.15) is 51.0 Å². The summed E-state index contributed by atoms with van der Waals surface area (Å²) in [5.74, 6) is 0. The molecule has 3 aromatic carbocycles. The van der Waals surface area contributed by atoms with E-state index in [0.29, 0.717) is 25.9 Å². The van der Waals surface area contributed by atoms with E-state index in [2.05, 4.69) is 52.3 Å². The first-order valence-electron chi connectivity index (χ1n) is 15.1. The summed E-state index contributed by atoms with van der Waals surface area (Å²) in [5, 5.41) is 38.8. The Hall–Kier alpha value is -2.20. The quantitative estimate of drug-likeness (QED) is 0.154. The van der Waals surface area contributed by atoms with Crippen molar-refractivity contribution in [3.05, 3.63) is 79.0 Å². The first-order chi connectivity index (χ1) is 22.7. The molecule has 0 bridgehead atoms. The second kappa shape index (κ2) is 15.6. The van der Waals surface area contributed by atoms with Crippen LogP contribution in [0.3, 0.4) is 0 Å². The molecule has 8 rings (SSSR count). The molecule has 10 nitrogen and oxygen atoms in total. The highest BCUT2D eigenvalue weighted by Crippen LogP contribution is 2.34. The lowest BCUT2D eigenvalue weighted by Gasteiger charge is -2.23. The zero-order valence-electron chi connectivity index (χ0n) is 24.9. The van der Waals surface area contributed by atoms with Crippen LogP contribution in [0.15, 0.2) is 63.9 Å². The number of nitrogens with zero attached hydrogens (tertiary/aromatic N) is 5. The smallest absolute Gasteiger partial charge is 0.423 e. The standard InChI is InChI=1S/C12H14BClN2O3.C12H12BrClN2O.C7H4BrClN2/c14-9-4-5-10-8(12(9)13(17)18)7-15-16(10)11-3-1-2-6-19-11;13-12-8-7-15-16(10(8)5-4-9(12)14)11-3-1-2-6-17-11;8-7-4-3-10-11-6(4)2-1-5(7)9/h4-5,7,11,17-18H,1-3,6H2;4-5,7,11H,1-3,6H2;1-3H,(H,10,11). The van der Waals surface area contributed by atoms with Gasteiger partial charge in [-0.1, -0.05) is 34.8 Å². The number of aromatic nitrogens is 6. The fourth-order valence-electron chi connectivity index (χ4n) is 5.69. The third kappa shape index (κ3) is 7.53. The van der Waals surface area contributed by atoms with Crippen LogP contribution in [0.25, 0.3) is 32.7 Å². The zero-order chi connectivity index (χ0) is 33.1. The fraction of sp³-hybridized carbons (Fsp3) is 0.323. The Kier molecular flexibility index (Phi) is 11.5. The Balaban J connectivity index is 0.000000128. The van der Waals surface area contributed by atoms with Gasteiger partial charge in [0.1, 0.15) is 0 Å². The summed E-state index contributed by atoms with van der Waals surface area (Å²) in [6.07, 6.45) is 11.6. The van der Waals surface area contributed by atoms with E-state index >= 15 is 0 Å². The number of ether oxygens (including phenoxy) is 2. The van der Waals surface area contributed by atoms with Crippen LogP contribution in [0.4, 0.5) is 0 Å². The third-order valence-electron chi connectivity index (χ3n) is 8.06. The first-order valence-corrected chi connectivity index (χ1v) is 17.8. The Morgan fingerprint density at radius 2 is 1.23 bits per heavy atom. The number of nitrogens with one attached hydrogen (secondary N) is 1. The molecule has 2 saturated heterocycles. The lowest BCUT2D eigenvalue weighted by atomic mass is 9.78. The largest absolute Gasteiger partial charge is 0.490 e. The zero-order valence-corrected chi connectivity index (χ0v) is 30.4. The highest BCUT2D eigenvalue weighted by Gasteiger charge is 2.24. The summed E-state index contributed by atoms with van der Waals surface area (Å²) in [5.41, 5.74) is 3.15. The maximum atomic E-state index is 9.42. The normalized spacial score (nSPS) is 18.1. The number of halogens is 5. The van der Waals surface area contributed by atoms with E-state index in [1.54, 1.807) is 23.1 Å². The number of hydrogen-bond donors (Lipinski definition) is 3. The van der Waals surface area contributed by atoms with Crippen molar-refractivity contribution in [2.45, 2.75) is 51.0 Å². The molecule has 3 N–H and O–H groups in total. The number of hydrogen-bond acceptors (Lipinski definition) is 7. The van der Waals surface area contributed by atoms with Gasteiger partial charge >= 0.3 is 7.12 Å². The average molecular weight is 828 g/mol. The molecule has 0 spiro atoms. The molecular weight excluding hydrogens is 797 g/mol. The molecule has 2 fully saturated rings. The number of rotatable bonds is 3. The predicted octanol–water partition coefficient (Wildman–Crippen LogP) is 8.20. The molecule has 2 atom stereocenters. The van der Waals surface area contributed by atoms with Gasteiger partial charge in [-0.25, -0.2) is 9.36 Å². The van der Waals surface area contributed by atoms with Crippen molar-refractivity contribution < 1.29 is 19.5 Å². The van der Waals surface area contributed by atoms with E-state index < -0.39 is 7.12 Å². The number of aromatic amines is 1. The van der Waals surface area contributed by atoms with Gasteiger partial charge in [-0.2, -0.15) is 15.3 Å². The molecule has 2 unspecified atom stereocenters. The van der Waals surface area contributed by atoms with Crippen LogP contribution in [-0.4, -0.2) is 60.1 Å². The maximum Gasteiger partial charge on any atom is 0.490 e. The molecule has 47 heavy (non-hydrogen) atoms. The number of benzene rings is 3. The van der Waals surface area contributed by atoms with E-state index in [1.807, 2.05) is 41.2 Å². The molecule has 0 aliphatic carbocycles. The van der Waals surface area contributed by atoms with E-state index in [1.165, 1.54) is 6.42 Å². The lowest BCUT2D eigenvalue weighted by Crippen LogP contribution is -2.31. The topological polar surface area (TPSA) is 123 Å². The summed E-state index contributed by atoms with van der Waals surface area (Å²) < 4.78 is 17.0. The van der Waals surface area contributed by atoms with Crippen LogP contribution in [0.2, 0.25) is 15.1 Å². The Morgan fingerprint density at radius 3 is 1.81 bits per heavy atom. The molecule has 2 aliphatic heterocycles. The molecule has 5 heterocycles. The van der Waals surface area contributed by atoms with Crippen LogP contribution >= 0.6 is 66.7 Å². The van der Waals surface area contributed by atoms with Gasteiger partial charge in [0.2, 0.25) is 0 Å². The van der Waals surface area contributed by atoms with Gasteiger partial charge < -0.3 is 19.5 Å². The van der Waals surface area contributed by atoms with Crippen molar-refractivity contribution in [1.82, 2.24) is 29.8 Å². The summed E-state index contributed by atoms with van der Waals surface area (Å²) in [6.45, 7) is 1.55. The van der Waals surface area contributed by atoms with Gasteiger partial charge in [-0.05, 0) is 107 Å². The van der Waals surface area contributed by atoms with E-state index in [9.17, 15) is 10.0 Å². The molecular formula is C31H30BBr2Cl3N6O4. The summed E-state index contributed by atoms with van der Waals surface area (Å²) >= 11 is 24.8. The third-order valence-corrected chi connectivity index (χ3v) is 11.2. The minimum absolute atomic E-state index is 0.0642. The minimum atomic E-state index is -1.61. The van der Waals surface area contributed by atoms with Crippen molar-refractivity contribution in [2.24, 2.45) is 0 Å². The molecule has 0 radical (unpaired) electrons. The second-order valence-corrected chi connectivity index (χ2v) is 13.9. The van der Waals surface area contributed by atoms with Crippen molar-refractivity contribution in [3.63, 3.8) is 0 Å². The number of fused-ring (bicyclic) bond motifs is 3. The summed E-state index contributed by atoms with van der Waals surface area (Å²) in [4.78, 5) is 0. The molecule has 6 aromatic rings. The van der Waals surface area contributed by atoms with Crippen molar-refractivity contribution >= 4 is 112 Å². The monoisotopic (exact) mass is 824 g/mol. The van der Waals surface area contributed by atoms with Crippen LogP contribution in [0, 0.1) is 0 Å². The SMILES string of the molecule is Clc1ccc2[nH]ncc2c1Br.Clc1ccc2c(cnn2C2CCCCO2)c1Br.OB(O)c1c(Cl)ccc2c1cnn2C1CCCCO1. The lowest BCUT2D eigenvalue weighted by molar-refractivity contribution is -0.0367. The van der Waals surface area contributed by atoms with Gasteiger partial charge in [-0.3, -0.25) is 5.10 Å². The second-order valence-electron chi connectivity index (χ2n) is 11.1. The molecule has 246 valence electrons. The number of H-pyrrole nitrogens is 1. The minimum Gasteiger partial charge on any atom is -0.423 e. The van der Waals surface area contributed by atoms with Crippen molar-refractivity contribution in [3.8, 4) is 0 Å². The molecule has 0 amide bonds. The maximum absolute atomic E-state index is 9.42. The predicted molar refractivity (Wildman–Crippen MR) is 193 cm³/mol. The molecule has 3 aromatic heterocycles. The van der Waals surface area contributed by atoms with Gasteiger partial charge in [0.25, 0.3) is 0 Å². The highest BCUT2D eigenvalue weighted by atomic mass is 79.9. The summed E-state index contributed by atoms with van der Waals surface area (Å²) in [7, 11) is -1.61. The Labute approximate surface area is 302 Å². The molecule has 2 aliphatic rings. The fourth-order valence-corrected chi connectivity index (χ4v) is 7.17. The Bertz CT molecular complexity index is 1990. The average Bonchev–Trinajstić information content (AvgIpc) is 3.85. The van der Waals surface area contributed by atoms with Gasteiger partial charge in [0.15, 0.2) is 12.5 Å². The van der Waals surface area contributed by atoms with Crippen molar-refractivity contribution in [2.75, 3.05) is 13.2 Å². The molecule has 16 heteroatoms. The van der Waals surface area contributed by atoms with Crippen LogP contribution in [-0.2, 0) is 9.47 Å². The Morgan fingerprint density at radius 1 is 0.702 bits per heavy atom. The molecule has 0 saturated carbocycles. The van der Waals surface area contributed by atoms with Crippen LogP contribution in [0.5, 0.6) is 0 Å². The van der Waals surface area contributed by atoms with Crippen molar-refractivity contribution in [1.29, 1.82) is 0 Å². The van der Waals surface area contributed by atoms with E-state index in [4.69, 9.17) is 44.3 Å². The van der Waals surface area contributed by atoms with Gasteiger partial charge in [0.05, 0.1) is 45.2 Å². The highest BCUT2D eigenvalue weighted by molar-refractivity contribution is 9.11. The summed E-state index contributed by atoms with van der Waals surface area (Å²) in [6, 6.07) is 11.1. The first kappa shape index (κ1) is 34.7.